The number of rotatable bonds is 7. The maximum Gasteiger partial charge on any atom is 0.250 e. The van der Waals surface area contributed by atoms with Crippen molar-refractivity contribution in [1.82, 2.24) is 4.90 Å². The van der Waals surface area contributed by atoms with Gasteiger partial charge in [-0.15, -0.1) is 0 Å². The number of morpholine rings is 1. The normalized spacial score (nSPS) is 17.5. The van der Waals surface area contributed by atoms with Gasteiger partial charge >= 0.3 is 0 Å². The number of hydrogen-bond donors (Lipinski definition) is 1. The van der Waals surface area contributed by atoms with Crippen LogP contribution in [0, 0.1) is 0 Å². The van der Waals surface area contributed by atoms with Gasteiger partial charge in [0, 0.05) is 25.6 Å². The number of ketones is 1. The Hall–Kier alpha value is -3.25. The zero-order chi connectivity index (χ0) is 21.3. The summed E-state index contributed by atoms with van der Waals surface area (Å²) in [5, 5.41) is 9.92. The zero-order valence-electron chi connectivity index (χ0n) is 17.0. The minimum Gasteiger partial charge on any atom is -0.504 e. The molecule has 156 valence electrons. The van der Waals surface area contributed by atoms with Crippen LogP contribution in [0.4, 0.5) is 0 Å². The van der Waals surface area contributed by atoms with Crippen LogP contribution in [-0.4, -0.2) is 60.8 Å². The predicted octanol–water partition coefficient (Wildman–Crippen LogP) is 3.15. The monoisotopic (exact) mass is 406 g/mol. The molecule has 0 spiro atoms. The first-order valence-electron chi connectivity index (χ1n) is 9.95. The number of ether oxygens (including phenoxy) is 1. The number of Topliss-reactive ketones (excluding diaryl/α,β-unsaturated/α-hetero) is 1. The Bertz CT molecular complexity index is 870. The highest BCUT2D eigenvalue weighted by Crippen LogP contribution is 2.31. The molecule has 6 nitrogen and oxygen atoms in total. The second-order valence-corrected chi connectivity index (χ2v) is 7.15. The number of allylic oxidation sites excluding steroid dienone is 1. The van der Waals surface area contributed by atoms with E-state index in [1.54, 1.807) is 4.90 Å². The van der Waals surface area contributed by atoms with Crippen molar-refractivity contribution < 1.29 is 19.4 Å². The summed E-state index contributed by atoms with van der Waals surface area (Å²) in [7, 11) is 1.43. The second kappa shape index (κ2) is 10.5. The molecular weight excluding hydrogens is 380 g/mol. The molecule has 2 aromatic carbocycles. The van der Waals surface area contributed by atoms with Crippen LogP contribution in [-0.2, 0) is 14.3 Å². The first-order chi connectivity index (χ1) is 14.6. The summed E-state index contributed by atoms with van der Waals surface area (Å²) in [6.45, 7) is 1.23. The van der Waals surface area contributed by atoms with Crippen molar-refractivity contribution in [3.63, 3.8) is 0 Å². The summed E-state index contributed by atoms with van der Waals surface area (Å²) >= 11 is 0. The molecule has 1 saturated heterocycles. The molecule has 0 bridgehead atoms. The fourth-order valence-electron chi connectivity index (χ4n) is 3.70. The molecule has 0 aromatic heterocycles. The van der Waals surface area contributed by atoms with Crippen LogP contribution in [0.2, 0.25) is 0 Å². The van der Waals surface area contributed by atoms with Crippen LogP contribution in [0.25, 0.3) is 0 Å². The lowest BCUT2D eigenvalue weighted by molar-refractivity contribution is -0.135. The van der Waals surface area contributed by atoms with Gasteiger partial charge in [0.25, 0.3) is 5.91 Å². The zero-order valence-corrected chi connectivity index (χ0v) is 17.0. The fourth-order valence-corrected chi connectivity index (χ4v) is 3.70. The maximum atomic E-state index is 12.8. The molecular formula is C24H26N2O4. The largest absolute Gasteiger partial charge is 0.504 e. The molecule has 1 fully saturated rings. The van der Waals surface area contributed by atoms with Gasteiger partial charge in [-0.25, -0.2) is 0 Å². The number of benzene rings is 2. The molecule has 0 saturated carbocycles. The number of aliphatic hydroxyl groups is 1. The van der Waals surface area contributed by atoms with Crippen molar-refractivity contribution in [3.05, 3.63) is 83.6 Å². The quantitative estimate of drug-likeness (QED) is 0.435. The molecule has 0 aliphatic carbocycles. The summed E-state index contributed by atoms with van der Waals surface area (Å²) in [5.41, 5.74) is 2.32. The lowest BCUT2D eigenvalue weighted by atomic mass is 9.85. The van der Waals surface area contributed by atoms with E-state index < -0.39 is 17.4 Å². The summed E-state index contributed by atoms with van der Waals surface area (Å²) < 4.78 is 5.66. The van der Waals surface area contributed by atoms with Crippen LogP contribution in [0.1, 0.15) is 23.5 Å². The van der Waals surface area contributed by atoms with Crippen molar-refractivity contribution >= 4 is 17.9 Å². The summed E-state index contributed by atoms with van der Waals surface area (Å²) in [6.07, 6.45) is 2.62. The maximum absolute atomic E-state index is 12.8. The standard InChI is InChI=1S/C24H26N2O4/c1-25-16-23(28)22(27)15-24(29)26-12-13-30-17-20(26)14-21(18-8-4-2-5-9-18)19-10-6-3-7-11-19/h2-11,15-16,20-21,27H,12-14,17H2,1H3/b22-15-,25-16-/t20-/m0/s1. The number of aliphatic hydroxyl groups excluding tert-OH is 1. The van der Waals surface area contributed by atoms with Crippen molar-refractivity contribution in [2.24, 2.45) is 4.99 Å². The number of hydrogen-bond acceptors (Lipinski definition) is 5. The molecule has 1 heterocycles. The smallest absolute Gasteiger partial charge is 0.250 e. The highest BCUT2D eigenvalue weighted by Gasteiger charge is 2.30. The average Bonchev–Trinajstić information content (AvgIpc) is 2.79. The third-order valence-electron chi connectivity index (χ3n) is 5.18. The van der Waals surface area contributed by atoms with Gasteiger partial charge in [0.15, 0.2) is 5.76 Å². The number of carbonyl (C=O) groups is 2. The van der Waals surface area contributed by atoms with Crippen LogP contribution in [0.5, 0.6) is 0 Å². The first-order valence-corrected chi connectivity index (χ1v) is 9.95. The van der Waals surface area contributed by atoms with Crippen LogP contribution in [0.3, 0.4) is 0 Å². The molecule has 2 aromatic rings. The molecule has 1 aliphatic rings. The molecule has 0 radical (unpaired) electrons. The number of aliphatic imine (C=N–C) groups is 1. The van der Waals surface area contributed by atoms with E-state index in [1.807, 2.05) is 36.4 Å². The summed E-state index contributed by atoms with van der Waals surface area (Å²) in [6, 6.07) is 20.1. The lowest BCUT2D eigenvalue weighted by Gasteiger charge is -2.37. The van der Waals surface area contributed by atoms with Crippen molar-refractivity contribution in [2.45, 2.75) is 18.4 Å². The molecule has 1 aliphatic heterocycles. The van der Waals surface area contributed by atoms with Crippen LogP contribution >= 0.6 is 0 Å². The molecule has 1 atom stereocenters. The molecule has 1 N–H and O–H groups in total. The molecule has 1 amide bonds. The predicted molar refractivity (Wildman–Crippen MR) is 116 cm³/mol. The van der Waals surface area contributed by atoms with Gasteiger partial charge in [0.05, 0.1) is 25.5 Å². The van der Waals surface area contributed by atoms with Gasteiger partial charge in [-0.3, -0.25) is 14.6 Å². The van der Waals surface area contributed by atoms with Crippen molar-refractivity contribution in [2.75, 3.05) is 26.8 Å². The Kier molecular flexibility index (Phi) is 7.51. The molecule has 3 rings (SSSR count). The van der Waals surface area contributed by atoms with Gasteiger partial charge in [0.2, 0.25) is 5.78 Å². The van der Waals surface area contributed by atoms with Crippen LogP contribution < -0.4 is 0 Å². The Morgan fingerprint density at radius 3 is 2.30 bits per heavy atom. The topological polar surface area (TPSA) is 79.2 Å². The minimum absolute atomic E-state index is 0.0841. The number of nitrogens with zero attached hydrogens (tertiary/aromatic N) is 2. The van der Waals surface area contributed by atoms with Crippen LogP contribution in [0.15, 0.2) is 77.5 Å². The molecule has 0 unspecified atom stereocenters. The van der Waals surface area contributed by atoms with E-state index >= 15 is 0 Å². The van der Waals surface area contributed by atoms with E-state index in [0.29, 0.717) is 26.2 Å². The van der Waals surface area contributed by atoms with E-state index in [0.717, 1.165) is 23.4 Å². The Labute approximate surface area is 176 Å². The third-order valence-corrected chi connectivity index (χ3v) is 5.18. The SMILES string of the molecule is C/N=C\C(=O)/C(O)=C/C(=O)N1CCOC[C@@H]1CC(c1ccccc1)c1ccccc1. The minimum atomic E-state index is -0.692. The molecule has 30 heavy (non-hydrogen) atoms. The highest BCUT2D eigenvalue weighted by molar-refractivity contribution is 6.34. The Morgan fingerprint density at radius 1 is 1.13 bits per heavy atom. The van der Waals surface area contributed by atoms with Crippen molar-refractivity contribution in [3.8, 4) is 0 Å². The van der Waals surface area contributed by atoms with E-state index in [-0.39, 0.29) is 12.0 Å². The molecule has 6 heteroatoms. The highest BCUT2D eigenvalue weighted by atomic mass is 16.5. The van der Waals surface area contributed by atoms with Gasteiger partial charge in [0.1, 0.15) is 0 Å². The second-order valence-electron chi connectivity index (χ2n) is 7.15. The van der Waals surface area contributed by atoms with E-state index in [2.05, 4.69) is 29.3 Å². The lowest BCUT2D eigenvalue weighted by Crippen LogP contribution is -2.49. The van der Waals surface area contributed by atoms with Gasteiger partial charge < -0.3 is 14.7 Å². The fraction of sp³-hybridized carbons (Fsp3) is 0.292. The van der Waals surface area contributed by atoms with E-state index in [4.69, 9.17) is 4.74 Å². The van der Waals surface area contributed by atoms with Gasteiger partial charge in [-0.2, -0.15) is 0 Å². The summed E-state index contributed by atoms with van der Waals surface area (Å²) in [4.78, 5) is 29.8. The van der Waals surface area contributed by atoms with E-state index in [9.17, 15) is 14.7 Å². The first kappa shape index (κ1) is 21.5. The average molecular weight is 406 g/mol. The third kappa shape index (κ3) is 5.42. The van der Waals surface area contributed by atoms with Crippen molar-refractivity contribution in [1.29, 1.82) is 0 Å². The van der Waals surface area contributed by atoms with E-state index in [1.165, 1.54) is 7.05 Å². The Balaban J connectivity index is 1.84. The van der Waals surface area contributed by atoms with Gasteiger partial charge in [-0.05, 0) is 17.5 Å². The van der Waals surface area contributed by atoms with Gasteiger partial charge in [-0.1, -0.05) is 60.7 Å². The number of amides is 1. The Morgan fingerprint density at radius 2 is 1.73 bits per heavy atom. The number of carbonyl (C=O) groups excluding carboxylic acids is 2. The summed E-state index contributed by atoms with van der Waals surface area (Å²) in [5.74, 6) is -1.63.